The minimum atomic E-state index is 0.137. The molecule has 2 heterocycles. The maximum atomic E-state index is 6.30. The summed E-state index contributed by atoms with van der Waals surface area (Å²) in [5.74, 6) is 0.464. The molecule has 1 unspecified atom stereocenters. The molecule has 0 saturated carbocycles. The molecule has 2 nitrogen and oxygen atoms in total. The molecule has 0 aliphatic rings. The van der Waals surface area contributed by atoms with Crippen LogP contribution in [0.3, 0.4) is 0 Å². The van der Waals surface area contributed by atoms with Crippen molar-refractivity contribution in [3.63, 3.8) is 0 Å². The monoisotopic (exact) mass is 254 g/mol. The highest BCUT2D eigenvalue weighted by Crippen LogP contribution is 2.26. The summed E-state index contributed by atoms with van der Waals surface area (Å²) in [5.41, 5.74) is 1.07. The molecule has 0 bridgehead atoms. The second-order valence-corrected chi connectivity index (χ2v) is 6.16. The van der Waals surface area contributed by atoms with E-state index < -0.39 is 0 Å². The van der Waals surface area contributed by atoms with Gasteiger partial charge >= 0.3 is 0 Å². The van der Waals surface area contributed by atoms with Crippen LogP contribution in [0.4, 0.5) is 0 Å². The van der Waals surface area contributed by atoms with Crippen LogP contribution in [0.1, 0.15) is 24.4 Å². The van der Waals surface area contributed by atoms with Crippen LogP contribution in [0.15, 0.2) is 12.4 Å². The zero-order valence-corrected chi connectivity index (χ0v) is 11.3. The molecule has 2 aromatic rings. The molecular weight excluding hydrogens is 240 g/mol. The fourth-order valence-electron chi connectivity index (χ4n) is 1.61. The maximum absolute atomic E-state index is 6.30. The lowest BCUT2D eigenvalue weighted by molar-refractivity contribution is 0.592. The van der Waals surface area contributed by atoms with Crippen molar-refractivity contribution in [2.75, 3.05) is 0 Å². The Kier molecular flexibility index (Phi) is 3.45. The van der Waals surface area contributed by atoms with Crippen molar-refractivity contribution < 1.29 is 0 Å². The second-order valence-electron chi connectivity index (χ2n) is 4.36. The van der Waals surface area contributed by atoms with Crippen molar-refractivity contribution in [1.29, 1.82) is 0 Å². The Morgan fingerprint density at radius 3 is 2.81 bits per heavy atom. The summed E-state index contributed by atoms with van der Waals surface area (Å²) in [6.45, 7) is 6.36. The molecular formula is C12H15ClN2S. The number of hydrogen-bond acceptors (Lipinski definition) is 3. The molecule has 0 aliphatic carbocycles. The minimum absolute atomic E-state index is 0.137. The van der Waals surface area contributed by atoms with Crippen LogP contribution >= 0.6 is 22.9 Å². The summed E-state index contributed by atoms with van der Waals surface area (Å²) in [5, 5.41) is 1.30. The third kappa shape index (κ3) is 2.36. The number of hydrogen-bond donors (Lipinski definition) is 0. The quantitative estimate of drug-likeness (QED) is 0.779. The number of nitrogens with zero attached hydrogens (tertiary/aromatic N) is 2. The van der Waals surface area contributed by atoms with Crippen molar-refractivity contribution >= 4 is 33.2 Å². The van der Waals surface area contributed by atoms with Gasteiger partial charge < -0.3 is 0 Å². The molecule has 2 rings (SSSR count). The molecule has 0 saturated heterocycles. The van der Waals surface area contributed by atoms with Crippen LogP contribution in [0, 0.1) is 12.8 Å². The number of alkyl halides is 1. The Bertz CT molecular complexity index is 493. The van der Waals surface area contributed by atoms with Gasteiger partial charge in [0.1, 0.15) is 11.2 Å². The summed E-state index contributed by atoms with van der Waals surface area (Å²) >= 11 is 8.01. The third-order valence-corrected chi connectivity index (χ3v) is 4.26. The van der Waals surface area contributed by atoms with E-state index in [1.807, 2.05) is 0 Å². The summed E-state index contributed by atoms with van der Waals surface area (Å²) in [4.78, 5) is 11.0. The minimum Gasteiger partial charge on any atom is -0.241 e. The molecule has 0 N–H and O–H groups in total. The van der Waals surface area contributed by atoms with Crippen molar-refractivity contribution in [2.45, 2.75) is 32.6 Å². The maximum Gasteiger partial charge on any atom is 0.127 e. The first-order chi connectivity index (χ1) is 7.58. The van der Waals surface area contributed by atoms with Gasteiger partial charge in [0, 0.05) is 22.1 Å². The van der Waals surface area contributed by atoms with Gasteiger partial charge in [-0.25, -0.2) is 9.97 Å². The highest BCUT2D eigenvalue weighted by atomic mass is 35.5. The zero-order chi connectivity index (χ0) is 11.7. The van der Waals surface area contributed by atoms with E-state index in [1.54, 1.807) is 17.7 Å². The highest BCUT2D eigenvalue weighted by molar-refractivity contribution is 7.18. The first-order valence-electron chi connectivity index (χ1n) is 5.42. The standard InChI is InChI=1S/C12H15ClN2S/c1-7(2)10(13)5-11-9-4-8(3)16-12(9)15-6-14-11/h4,6-7,10H,5H2,1-3H3. The van der Waals surface area contributed by atoms with E-state index in [-0.39, 0.29) is 5.38 Å². The lowest BCUT2D eigenvalue weighted by Crippen LogP contribution is -2.12. The van der Waals surface area contributed by atoms with E-state index in [4.69, 9.17) is 11.6 Å². The Morgan fingerprint density at radius 2 is 2.12 bits per heavy atom. The van der Waals surface area contributed by atoms with E-state index in [9.17, 15) is 0 Å². The molecule has 86 valence electrons. The van der Waals surface area contributed by atoms with Gasteiger partial charge in [0.25, 0.3) is 0 Å². The molecule has 0 fully saturated rings. The Balaban J connectivity index is 2.36. The predicted molar refractivity (Wildman–Crippen MR) is 70.3 cm³/mol. The molecule has 16 heavy (non-hydrogen) atoms. The summed E-state index contributed by atoms with van der Waals surface area (Å²) in [6.07, 6.45) is 2.45. The molecule has 0 amide bonds. The van der Waals surface area contributed by atoms with Crippen molar-refractivity contribution in [3.8, 4) is 0 Å². The van der Waals surface area contributed by atoms with Gasteiger partial charge in [-0.1, -0.05) is 13.8 Å². The molecule has 0 aliphatic heterocycles. The van der Waals surface area contributed by atoms with Crippen molar-refractivity contribution in [3.05, 3.63) is 23.0 Å². The topological polar surface area (TPSA) is 25.8 Å². The van der Waals surface area contributed by atoms with Gasteiger partial charge in [-0.05, 0) is 18.9 Å². The fraction of sp³-hybridized carbons (Fsp3) is 0.500. The number of aromatic nitrogens is 2. The van der Waals surface area contributed by atoms with Crippen molar-refractivity contribution in [2.24, 2.45) is 5.92 Å². The molecule has 4 heteroatoms. The zero-order valence-electron chi connectivity index (χ0n) is 9.70. The summed E-state index contributed by atoms with van der Waals surface area (Å²) in [7, 11) is 0. The Morgan fingerprint density at radius 1 is 1.38 bits per heavy atom. The normalized spacial score (nSPS) is 13.6. The van der Waals surface area contributed by atoms with Crippen LogP contribution in [-0.2, 0) is 6.42 Å². The van der Waals surface area contributed by atoms with Crippen LogP contribution in [0.25, 0.3) is 10.2 Å². The summed E-state index contributed by atoms with van der Waals surface area (Å²) < 4.78 is 0. The van der Waals surface area contributed by atoms with Gasteiger partial charge in [0.2, 0.25) is 0 Å². The average Bonchev–Trinajstić information content (AvgIpc) is 2.59. The SMILES string of the molecule is Cc1cc2c(CC(Cl)C(C)C)ncnc2s1. The van der Waals surface area contributed by atoms with Gasteiger partial charge in [0.05, 0.1) is 5.69 Å². The first kappa shape index (κ1) is 11.8. The predicted octanol–water partition coefficient (Wildman–Crippen LogP) is 3.81. The van der Waals surface area contributed by atoms with Crippen LogP contribution in [-0.4, -0.2) is 15.3 Å². The van der Waals surface area contributed by atoms with E-state index in [0.29, 0.717) is 5.92 Å². The van der Waals surface area contributed by atoms with Crippen molar-refractivity contribution in [1.82, 2.24) is 9.97 Å². The van der Waals surface area contributed by atoms with E-state index in [0.717, 1.165) is 22.3 Å². The third-order valence-electron chi connectivity index (χ3n) is 2.65. The number of halogens is 1. The fourth-order valence-corrected chi connectivity index (χ4v) is 2.62. The van der Waals surface area contributed by atoms with Gasteiger partial charge in [0.15, 0.2) is 0 Å². The Hall–Kier alpha value is -0.670. The lowest BCUT2D eigenvalue weighted by atomic mass is 10.0. The molecule has 1 atom stereocenters. The van der Waals surface area contributed by atoms with E-state index in [2.05, 4.69) is 36.8 Å². The Labute approximate surface area is 105 Å². The lowest BCUT2D eigenvalue weighted by Gasteiger charge is -2.12. The number of rotatable bonds is 3. The molecule has 0 aromatic carbocycles. The number of fused-ring (bicyclic) bond motifs is 1. The largest absolute Gasteiger partial charge is 0.241 e. The van der Waals surface area contributed by atoms with Gasteiger partial charge in [-0.15, -0.1) is 22.9 Å². The number of thiophene rings is 1. The van der Waals surface area contributed by atoms with Crippen LogP contribution < -0.4 is 0 Å². The summed E-state index contributed by atoms with van der Waals surface area (Å²) in [6, 6.07) is 2.15. The van der Waals surface area contributed by atoms with Crippen LogP contribution in [0.2, 0.25) is 0 Å². The molecule has 0 spiro atoms. The van der Waals surface area contributed by atoms with Gasteiger partial charge in [-0.3, -0.25) is 0 Å². The van der Waals surface area contributed by atoms with E-state index >= 15 is 0 Å². The number of aryl methyl sites for hydroxylation is 1. The van der Waals surface area contributed by atoms with Gasteiger partial charge in [-0.2, -0.15) is 0 Å². The second kappa shape index (κ2) is 4.68. The van der Waals surface area contributed by atoms with E-state index in [1.165, 1.54) is 4.88 Å². The average molecular weight is 255 g/mol. The first-order valence-corrected chi connectivity index (χ1v) is 6.67. The van der Waals surface area contributed by atoms with Crippen LogP contribution in [0.5, 0.6) is 0 Å². The molecule has 0 radical (unpaired) electrons. The highest BCUT2D eigenvalue weighted by Gasteiger charge is 2.14. The smallest absolute Gasteiger partial charge is 0.127 e. The molecule has 2 aromatic heterocycles.